The summed E-state index contributed by atoms with van der Waals surface area (Å²) in [5, 5.41) is 0.153. The highest BCUT2D eigenvalue weighted by molar-refractivity contribution is 9.09. The van der Waals surface area contributed by atoms with E-state index in [0.29, 0.717) is 0 Å². The number of alkyl halides is 1. The minimum Gasteiger partial charge on any atom is -0.457 e. The summed E-state index contributed by atoms with van der Waals surface area (Å²) in [7, 11) is 0. The first-order valence-electron chi connectivity index (χ1n) is 3.29. The number of ketones is 2. The summed E-state index contributed by atoms with van der Waals surface area (Å²) in [4.78, 5) is 31.6. The normalized spacial score (nSPS) is 9.17. The second kappa shape index (κ2) is 5.88. The highest BCUT2D eigenvalue weighted by atomic mass is 79.9. The van der Waals surface area contributed by atoms with Crippen molar-refractivity contribution in [2.75, 3.05) is 11.9 Å². The molecule has 0 N–H and O–H groups in total. The van der Waals surface area contributed by atoms with Gasteiger partial charge in [0.05, 0.1) is 5.33 Å². The zero-order chi connectivity index (χ0) is 9.56. The molecule has 5 heteroatoms. The first kappa shape index (κ1) is 11.3. The van der Waals surface area contributed by atoms with E-state index in [4.69, 9.17) is 0 Å². The third kappa shape index (κ3) is 6.03. The fraction of sp³-hybridized carbons (Fsp3) is 0.571. The van der Waals surface area contributed by atoms with Crippen LogP contribution in [0, 0.1) is 0 Å². The third-order valence-electron chi connectivity index (χ3n) is 0.936. The Balaban J connectivity index is 3.57. The Morgan fingerprint density at radius 2 is 1.92 bits per heavy atom. The first-order valence-corrected chi connectivity index (χ1v) is 4.41. The molecule has 12 heavy (non-hydrogen) atoms. The number of Topliss-reactive ketones (excluding diaryl/α,β-unsaturated/α-hetero) is 2. The van der Waals surface area contributed by atoms with Gasteiger partial charge in [0.15, 0.2) is 12.4 Å². The molecule has 68 valence electrons. The van der Waals surface area contributed by atoms with Gasteiger partial charge in [-0.25, -0.2) is 0 Å². The van der Waals surface area contributed by atoms with Crippen molar-refractivity contribution in [1.29, 1.82) is 0 Å². The standard InChI is InChI=1S/C7H9BrO4/c1-5(9)2-7(11)12-4-6(10)3-8/h2-4H2,1H3. The Morgan fingerprint density at radius 1 is 1.33 bits per heavy atom. The summed E-state index contributed by atoms with van der Waals surface area (Å²) in [5.41, 5.74) is 0. The average Bonchev–Trinajstić information content (AvgIpc) is 1.99. The highest BCUT2D eigenvalue weighted by Crippen LogP contribution is 1.90. The molecule has 0 aromatic carbocycles. The fourth-order valence-electron chi connectivity index (χ4n) is 0.454. The number of halogens is 1. The molecule has 0 amide bonds. The maximum atomic E-state index is 10.7. The van der Waals surface area contributed by atoms with E-state index in [1.54, 1.807) is 0 Å². The van der Waals surface area contributed by atoms with Crippen LogP contribution in [0.15, 0.2) is 0 Å². The van der Waals surface area contributed by atoms with Crippen LogP contribution >= 0.6 is 15.9 Å². The van der Waals surface area contributed by atoms with Crippen LogP contribution in [0.5, 0.6) is 0 Å². The van der Waals surface area contributed by atoms with Crippen molar-refractivity contribution in [3.05, 3.63) is 0 Å². The van der Waals surface area contributed by atoms with Crippen molar-refractivity contribution >= 4 is 33.5 Å². The molecular weight excluding hydrogens is 228 g/mol. The van der Waals surface area contributed by atoms with Gasteiger partial charge in [0.2, 0.25) is 0 Å². The molecule has 0 fully saturated rings. The van der Waals surface area contributed by atoms with Crippen molar-refractivity contribution in [2.45, 2.75) is 13.3 Å². The van der Waals surface area contributed by atoms with E-state index < -0.39 is 5.97 Å². The lowest BCUT2D eigenvalue weighted by molar-refractivity contribution is -0.149. The minimum atomic E-state index is -0.656. The number of carbonyl (C=O) groups excluding carboxylic acids is 3. The van der Waals surface area contributed by atoms with Crippen molar-refractivity contribution in [3.63, 3.8) is 0 Å². The minimum absolute atomic E-state index is 0.153. The van der Waals surface area contributed by atoms with Crippen LogP contribution in [0.25, 0.3) is 0 Å². The molecule has 0 saturated heterocycles. The van der Waals surface area contributed by atoms with E-state index in [0.717, 1.165) is 0 Å². The van der Waals surface area contributed by atoms with Gasteiger partial charge in [0.1, 0.15) is 12.2 Å². The molecule has 0 aliphatic rings. The van der Waals surface area contributed by atoms with E-state index in [1.807, 2.05) is 0 Å². The van der Waals surface area contributed by atoms with E-state index in [1.165, 1.54) is 6.92 Å². The van der Waals surface area contributed by atoms with Crippen LogP contribution in [0.4, 0.5) is 0 Å². The van der Waals surface area contributed by atoms with E-state index in [-0.39, 0.29) is 29.9 Å². The number of ether oxygens (including phenoxy) is 1. The number of esters is 1. The molecule has 0 heterocycles. The zero-order valence-corrected chi connectivity index (χ0v) is 8.22. The van der Waals surface area contributed by atoms with Gasteiger partial charge >= 0.3 is 5.97 Å². The molecule has 0 radical (unpaired) electrons. The zero-order valence-electron chi connectivity index (χ0n) is 6.63. The van der Waals surface area contributed by atoms with Crippen molar-refractivity contribution in [3.8, 4) is 0 Å². The number of rotatable bonds is 5. The number of carbonyl (C=O) groups is 3. The Morgan fingerprint density at radius 3 is 2.33 bits per heavy atom. The summed E-state index contributed by atoms with van der Waals surface area (Å²) in [5.74, 6) is -1.16. The third-order valence-corrected chi connectivity index (χ3v) is 1.56. The Labute approximate surface area is 78.4 Å². The van der Waals surface area contributed by atoms with Gasteiger partial charge in [-0.2, -0.15) is 0 Å². The lowest BCUT2D eigenvalue weighted by atomic mass is 10.3. The largest absolute Gasteiger partial charge is 0.457 e. The first-order chi connectivity index (χ1) is 5.56. The summed E-state index contributed by atoms with van der Waals surface area (Å²) < 4.78 is 4.47. The Hall–Kier alpha value is -0.710. The molecule has 0 bridgehead atoms. The van der Waals surface area contributed by atoms with Crippen LogP contribution in [0.3, 0.4) is 0 Å². The molecule has 0 aliphatic carbocycles. The van der Waals surface area contributed by atoms with Crippen molar-refractivity contribution < 1.29 is 19.1 Å². The molecule has 0 aromatic rings. The molecule has 0 atom stereocenters. The highest BCUT2D eigenvalue weighted by Gasteiger charge is 2.08. The summed E-state index contributed by atoms with van der Waals surface area (Å²) in [6.07, 6.45) is -0.268. The topological polar surface area (TPSA) is 60.4 Å². The second-order valence-electron chi connectivity index (χ2n) is 2.21. The molecule has 4 nitrogen and oxygen atoms in total. The second-order valence-corrected chi connectivity index (χ2v) is 2.77. The van der Waals surface area contributed by atoms with Gasteiger partial charge in [0, 0.05) is 0 Å². The SMILES string of the molecule is CC(=O)CC(=O)OCC(=O)CBr. The predicted molar refractivity (Wildman–Crippen MR) is 45.1 cm³/mol. The summed E-state index contributed by atoms with van der Waals surface area (Å²) in [6, 6.07) is 0. The maximum absolute atomic E-state index is 10.7. The molecule has 0 saturated carbocycles. The van der Waals surface area contributed by atoms with E-state index >= 15 is 0 Å². The van der Waals surface area contributed by atoms with Gasteiger partial charge in [-0.15, -0.1) is 0 Å². The number of hydrogen-bond acceptors (Lipinski definition) is 4. The van der Waals surface area contributed by atoms with Crippen LogP contribution in [0.2, 0.25) is 0 Å². The van der Waals surface area contributed by atoms with Crippen LogP contribution in [0.1, 0.15) is 13.3 Å². The fourth-order valence-corrected chi connectivity index (χ4v) is 0.616. The summed E-state index contributed by atoms with van der Waals surface area (Å²) >= 11 is 2.91. The molecule has 0 aliphatic heterocycles. The molecular formula is C7H9BrO4. The molecule has 0 spiro atoms. The van der Waals surface area contributed by atoms with Crippen LogP contribution < -0.4 is 0 Å². The quantitative estimate of drug-likeness (QED) is 0.396. The van der Waals surface area contributed by atoms with Gasteiger partial charge in [-0.05, 0) is 6.92 Å². The van der Waals surface area contributed by atoms with Crippen LogP contribution in [-0.4, -0.2) is 29.5 Å². The Bertz CT molecular complexity index is 200. The maximum Gasteiger partial charge on any atom is 0.313 e. The van der Waals surface area contributed by atoms with Gasteiger partial charge < -0.3 is 4.74 Å². The Kier molecular flexibility index (Phi) is 5.53. The number of hydrogen-bond donors (Lipinski definition) is 0. The molecule has 0 aromatic heterocycles. The molecule has 0 unspecified atom stereocenters. The van der Waals surface area contributed by atoms with Crippen molar-refractivity contribution in [1.82, 2.24) is 0 Å². The van der Waals surface area contributed by atoms with Crippen molar-refractivity contribution in [2.24, 2.45) is 0 Å². The average molecular weight is 237 g/mol. The van der Waals surface area contributed by atoms with Gasteiger partial charge in [-0.1, -0.05) is 15.9 Å². The predicted octanol–water partition coefficient (Wildman–Crippen LogP) is 0.473. The van der Waals surface area contributed by atoms with Gasteiger partial charge in [-0.3, -0.25) is 14.4 Å². The van der Waals surface area contributed by atoms with Gasteiger partial charge in [0.25, 0.3) is 0 Å². The van der Waals surface area contributed by atoms with Crippen LogP contribution in [-0.2, 0) is 19.1 Å². The lowest BCUT2D eigenvalue weighted by Crippen LogP contribution is -2.16. The molecule has 0 rings (SSSR count). The monoisotopic (exact) mass is 236 g/mol. The lowest BCUT2D eigenvalue weighted by Gasteiger charge is -1.99. The van der Waals surface area contributed by atoms with E-state index in [9.17, 15) is 14.4 Å². The summed E-state index contributed by atoms with van der Waals surface area (Å²) in [6.45, 7) is 1.02. The smallest absolute Gasteiger partial charge is 0.313 e. The van der Waals surface area contributed by atoms with E-state index in [2.05, 4.69) is 20.7 Å².